The highest BCUT2D eigenvalue weighted by molar-refractivity contribution is 5.93. The van der Waals surface area contributed by atoms with Crippen LogP contribution >= 0.6 is 0 Å². The summed E-state index contributed by atoms with van der Waals surface area (Å²) in [4.78, 5) is 14.9. The Bertz CT molecular complexity index is 939. The third kappa shape index (κ3) is 3.09. The Morgan fingerprint density at radius 2 is 1.96 bits per heavy atom. The maximum Gasteiger partial charge on any atom is 0.293 e. The van der Waals surface area contributed by atoms with Crippen molar-refractivity contribution in [3.63, 3.8) is 0 Å². The molecule has 140 valence electrons. The van der Waals surface area contributed by atoms with E-state index in [0.717, 1.165) is 41.2 Å². The van der Waals surface area contributed by atoms with Gasteiger partial charge in [-0.15, -0.1) is 0 Å². The molecule has 0 radical (unpaired) electrons. The molecule has 3 aromatic rings. The van der Waals surface area contributed by atoms with Gasteiger partial charge in [-0.3, -0.25) is 4.79 Å². The molecule has 0 saturated carbocycles. The lowest BCUT2D eigenvalue weighted by molar-refractivity contribution is 0.0692. The van der Waals surface area contributed by atoms with Gasteiger partial charge >= 0.3 is 0 Å². The molecule has 7 heteroatoms. The second kappa shape index (κ2) is 6.90. The standard InChI is InChI=1S/C20H21N3O4/c1-12-19(13(2)26-21-12)17-5-4-10-23(17)20(24)18-11-16(22-27-18)14-6-8-15(25-3)9-7-14/h6-9,11,17H,4-5,10H2,1-3H3/t17-/m1/s1. The van der Waals surface area contributed by atoms with E-state index in [0.29, 0.717) is 12.2 Å². The highest BCUT2D eigenvalue weighted by Crippen LogP contribution is 2.36. The molecule has 3 heterocycles. The van der Waals surface area contributed by atoms with Gasteiger partial charge in [0.1, 0.15) is 17.2 Å². The van der Waals surface area contributed by atoms with E-state index in [1.807, 2.05) is 43.0 Å². The lowest BCUT2D eigenvalue weighted by Crippen LogP contribution is -2.30. The number of carbonyl (C=O) groups is 1. The summed E-state index contributed by atoms with van der Waals surface area (Å²) in [6.45, 7) is 4.46. The molecule has 0 unspecified atom stereocenters. The number of amides is 1. The van der Waals surface area contributed by atoms with Crippen molar-refractivity contribution < 1.29 is 18.6 Å². The fourth-order valence-corrected chi connectivity index (χ4v) is 3.69. The number of carbonyl (C=O) groups excluding carboxylic acids is 1. The number of ether oxygens (including phenoxy) is 1. The average molecular weight is 367 g/mol. The second-order valence-corrected chi connectivity index (χ2v) is 6.70. The van der Waals surface area contributed by atoms with E-state index in [4.69, 9.17) is 13.8 Å². The number of aryl methyl sites for hydroxylation is 2. The Labute approximate surface area is 156 Å². The van der Waals surface area contributed by atoms with Crippen LogP contribution in [-0.2, 0) is 0 Å². The molecule has 0 N–H and O–H groups in total. The number of rotatable bonds is 4. The smallest absolute Gasteiger partial charge is 0.293 e. The van der Waals surface area contributed by atoms with Crippen molar-refractivity contribution in [3.8, 4) is 17.0 Å². The van der Waals surface area contributed by atoms with Gasteiger partial charge in [0.15, 0.2) is 0 Å². The summed E-state index contributed by atoms with van der Waals surface area (Å²) in [6.07, 6.45) is 1.81. The SMILES string of the molecule is COc1ccc(-c2cc(C(=O)N3CCC[C@@H]3c3c(C)noc3C)on2)cc1. The Balaban J connectivity index is 1.58. The van der Waals surface area contributed by atoms with Crippen LogP contribution in [0.4, 0.5) is 0 Å². The molecular formula is C20H21N3O4. The van der Waals surface area contributed by atoms with E-state index < -0.39 is 0 Å². The van der Waals surface area contributed by atoms with Crippen LogP contribution in [0.15, 0.2) is 39.4 Å². The molecule has 1 saturated heterocycles. The Morgan fingerprint density at radius 1 is 1.19 bits per heavy atom. The minimum Gasteiger partial charge on any atom is -0.497 e. The molecule has 1 aliphatic heterocycles. The maximum absolute atomic E-state index is 13.0. The molecule has 1 atom stereocenters. The second-order valence-electron chi connectivity index (χ2n) is 6.70. The van der Waals surface area contributed by atoms with Gasteiger partial charge in [0.25, 0.3) is 5.91 Å². The Hall–Kier alpha value is -3.09. The van der Waals surface area contributed by atoms with Crippen molar-refractivity contribution in [1.29, 1.82) is 0 Å². The highest BCUT2D eigenvalue weighted by atomic mass is 16.5. The largest absolute Gasteiger partial charge is 0.497 e. The van der Waals surface area contributed by atoms with Crippen molar-refractivity contribution >= 4 is 5.91 Å². The van der Waals surface area contributed by atoms with E-state index in [2.05, 4.69) is 10.3 Å². The molecule has 1 amide bonds. The topological polar surface area (TPSA) is 81.6 Å². The van der Waals surface area contributed by atoms with E-state index in [1.165, 1.54) is 0 Å². The van der Waals surface area contributed by atoms with Gasteiger partial charge in [-0.25, -0.2) is 0 Å². The van der Waals surface area contributed by atoms with Crippen LogP contribution in [0.3, 0.4) is 0 Å². The minimum absolute atomic E-state index is 0.0433. The third-order valence-electron chi connectivity index (χ3n) is 5.04. The summed E-state index contributed by atoms with van der Waals surface area (Å²) in [7, 11) is 1.62. The quantitative estimate of drug-likeness (QED) is 0.695. The van der Waals surface area contributed by atoms with Crippen molar-refractivity contribution in [3.05, 3.63) is 53.1 Å². The molecule has 2 aromatic heterocycles. The molecule has 0 spiro atoms. The fraction of sp³-hybridized carbons (Fsp3) is 0.350. The number of methoxy groups -OCH3 is 1. The van der Waals surface area contributed by atoms with Crippen molar-refractivity contribution in [2.24, 2.45) is 0 Å². The van der Waals surface area contributed by atoms with E-state index >= 15 is 0 Å². The van der Waals surface area contributed by atoms with Gasteiger partial charge < -0.3 is 18.7 Å². The fourth-order valence-electron chi connectivity index (χ4n) is 3.69. The highest BCUT2D eigenvalue weighted by Gasteiger charge is 2.35. The lowest BCUT2D eigenvalue weighted by atomic mass is 10.0. The molecule has 1 aromatic carbocycles. The summed E-state index contributed by atoms with van der Waals surface area (Å²) in [5, 5.41) is 8.09. The van der Waals surface area contributed by atoms with E-state index in [-0.39, 0.29) is 17.7 Å². The lowest BCUT2D eigenvalue weighted by Gasteiger charge is -2.23. The van der Waals surface area contributed by atoms with Crippen molar-refractivity contribution in [1.82, 2.24) is 15.2 Å². The number of likely N-dealkylation sites (tertiary alicyclic amines) is 1. The van der Waals surface area contributed by atoms with Gasteiger partial charge in [0.05, 0.1) is 18.8 Å². The Kier molecular flexibility index (Phi) is 4.43. The van der Waals surface area contributed by atoms with Gasteiger partial charge in [-0.05, 0) is 51.0 Å². The van der Waals surface area contributed by atoms with Gasteiger partial charge in [-0.1, -0.05) is 10.3 Å². The van der Waals surface area contributed by atoms with Gasteiger partial charge in [-0.2, -0.15) is 0 Å². The van der Waals surface area contributed by atoms with Crippen molar-refractivity contribution in [2.75, 3.05) is 13.7 Å². The third-order valence-corrected chi connectivity index (χ3v) is 5.04. The number of aromatic nitrogens is 2. The summed E-state index contributed by atoms with van der Waals surface area (Å²) in [6, 6.07) is 9.10. The molecule has 27 heavy (non-hydrogen) atoms. The summed E-state index contributed by atoms with van der Waals surface area (Å²) in [5.74, 6) is 1.59. The van der Waals surface area contributed by atoms with Crippen LogP contribution in [0.25, 0.3) is 11.3 Å². The summed E-state index contributed by atoms with van der Waals surface area (Å²) in [5.41, 5.74) is 3.31. The van der Waals surface area contributed by atoms with Crippen LogP contribution in [0.1, 0.15) is 46.5 Å². The number of benzene rings is 1. The van der Waals surface area contributed by atoms with Gasteiger partial charge in [0.2, 0.25) is 5.76 Å². The molecule has 0 aliphatic carbocycles. The molecule has 1 aliphatic rings. The summed E-state index contributed by atoms with van der Waals surface area (Å²) < 4.78 is 15.8. The van der Waals surface area contributed by atoms with Crippen molar-refractivity contribution in [2.45, 2.75) is 32.7 Å². The van der Waals surface area contributed by atoms with Gasteiger partial charge in [0, 0.05) is 23.7 Å². The van der Waals surface area contributed by atoms with Crippen LogP contribution in [-0.4, -0.2) is 34.8 Å². The predicted octanol–water partition coefficient (Wildman–Crippen LogP) is 3.93. The minimum atomic E-state index is -0.162. The van der Waals surface area contributed by atoms with Crippen LogP contribution in [0, 0.1) is 13.8 Å². The first-order valence-corrected chi connectivity index (χ1v) is 8.93. The molecule has 1 fully saturated rings. The van der Waals surface area contributed by atoms with E-state index in [1.54, 1.807) is 13.2 Å². The normalized spacial score (nSPS) is 16.7. The van der Waals surface area contributed by atoms with Crippen LogP contribution in [0.5, 0.6) is 5.75 Å². The zero-order chi connectivity index (χ0) is 19.0. The number of hydrogen-bond donors (Lipinski definition) is 0. The van der Waals surface area contributed by atoms with Crippen LogP contribution < -0.4 is 4.74 Å². The molecule has 7 nitrogen and oxygen atoms in total. The molecule has 4 rings (SSSR count). The first kappa shape index (κ1) is 17.3. The molecule has 0 bridgehead atoms. The Morgan fingerprint density at radius 3 is 2.63 bits per heavy atom. The number of hydrogen-bond acceptors (Lipinski definition) is 6. The first-order valence-electron chi connectivity index (χ1n) is 8.93. The van der Waals surface area contributed by atoms with Crippen LogP contribution in [0.2, 0.25) is 0 Å². The number of nitrogens with zero attached hydrogens (tertiary/aromatic N) is 3. The monoisotopic (exact) mass is 367 g/mol. The zero-order valence-electron chi connectivity index (χ0n) is 15.6. The molecular weight excluding hydrogens is 346 g/mol. The zero-order valence-corrected chi connectivity index (χ0v) is 15.6. The maximum atomic E-state index is 13.0. The predicted molar refractivity (Wildman–Crippen MR) is 97.5 cm³/mol. The summed E-state index contributed by atoms with van der Waals surface area (Å²) >= 11 is 0. The average Bonchev–Trinajstić information content (AvgIpc) is 3.41. The first-order chi connectivity index (χ1) is 13.1. The van der Waals surface area contributed by atoms with E-state index in [9.17, 15) is 4.79 Å².